The van der Waals surface area contributed by atoms with Crippen molar-refractivity contribution in [3.63, 3.8) is 0 Å². The molecule has 23 heavy (non-hydrogen) atoms. The molecule has 0 radical (unpaired) electrons. The van der Waals surface area contributed by atoms with Gasteiger partial charge in [-0.1, -0.05) is 36.4 Å². The number of nitrogens with one attached hydrogen (secondary N) is 1. The van der Waals surface area contributed by atoms with E-state index in [-0.39, 0.29) is 11.5 Å². The van der Waals surface area contributed by atoms with Gasteiger partial charge in [-0.3, -0.25) is 0 Å². The molecule has 0 aliphatic carbocycles. The van der Waals surface area contributed by atoms with E-state index in [1.807, 2.05) is 6.92 Å². The number of anilines is 1. The molecule has 0 saturated heterocycles. The van der Waals surface area contributed by atoms with Gasteiger partial charge in [-0.2, -0.15) is 23.4 Å². The van der Waals surface area contributed by atoms with Crippen LogP contribution in [-0.4, -0.2) is 25.6 Å². The van der Waals surface area contributed by atoms with Crippen molar-refractivity contribution >= 4 is 6.01 Å². The molecule has 1 aromatic carbocycles. The molecule has 0 saturated carbocycles. The molecule has 7 nitrogen and oxygen atoms in total. The van der Waals surface area contributed by atoms with Crippen LogP contribution in [0.2, 0.25) is 0 Å². The summed E-state index contributed by atoms with van der Waals surface area (Å²) in [6, 6.07) is 5.80. The first-order valence-corrected chi connectivity index (χ1v) is 6.53. The number of rotatable bonds is 3. The van der Waals surface area contributed by atoms with Crippen molar-refractivity contribution in [2.75, 3.05) is 5.73 Å². The summed E-state index contributed by atoms with van der Waals surface area (Å²) >= 11 is 0. The highest BCUT2D eigenvalue weighted by Crippen LogP contribution is 2.38. The van der Waals surface area contributed by atoms with Crippen LogP contribution in [-0.2, 0) is 6.18 Å². The summed E-state index contributed by atoms with van der Waals surface area (Å²) in [6.07, 6.45) is -4.65. The van der Waals surface area contributed by atoms with Crippen molar-refractivity contribution in [3.05, 3.63) is 41.3 Å². The van der Waals surface area contributed by atoms with Crippen LogP contribution < -0.4 is 5.73 Å². The summed E-state index contributed by atoms with van der Waals surface area (Å²) in [6.45, 7) is 1.85. The number of aromatic nitrogens is 5. The summed E-state index contributed by atoms with van der Waals surface area (Å²) in [7, 11) is 0. The lowest BCUT2D eigenvalue weighted by Crippen LogP contribution is -2.07. The highest BCUT2D eigenvalue weighted by molar-refractivity contribution is 5.62. The Kier molecular flexibility index (Phi) is 3.51. The molecule has 1 unspecified atom stereocenters. The van der Waals surface area contributed by atoms with E-state index in [4.69, 9.17) is 10.2 Å². The first-order valence-electron chi connectivity index (χ1n) is 6.53. The second-order valence-electron chi connectivity index (χ2n) is 4.84. The topological polar surface area (TPSA) is 107 Å². The van der Waals surface area contributed by atoms with E-state index in [0.717, 1.165) is 5.56 Å². The minimum absolute atomic E-state index is 0.162. The maximum atomic E-state index is 12.9. The van der Waals surface area contributed by atoms with Crippen LogP contribution in [0.25, 0.3) is 11.3 Å². The van der Waals surface area contributed by atoms with E-state index in [1.165, 1.54) is 12.1 Å². The van der Waals surface area contributed by atoms with Crippen molar-refractivity contribution in [3.8, 4) is 11.3 Å². The Morgan fingerprint density at radius 1 is 1.22 bits per heavy atom. The summed E-state index contributed by atoms with van der Waals surface area (Å²) in [4.78, 5) is 3.21. The standard InChI is InChI=1S/C13H11F3N6O/c1-6(11-19-21-22-20-11)7-2-4-8(5-3-7)9-10(13(14,15)16)18-12(17)23-9/h2-6H,1H3,(H2,17,18)(H,19,20,21,22). The second kappa shape index (κ2) is 5.38. The van der Waals surface area contributed by atoms with E-state index >= 15 is 0 Å². The van der Waals surface area contributed by atoms with E-state index in [9.17, 15) is 13.2 Å². The Balaban J connectivity index is 1.94. The molecule has 120 valence electrons. The molecule has 0 bridgehead atoms. The van der Waals surface area contributed by atoms with Gasteiger partial charge in [0.1, 0.15) is 0 Å². The molecule has 2 heterocycles. The molecule has 0 aliphatic rings. The molecular formula is C13H11F3N6O. The Bertz CT molecular complexity index is 794. The molecule has 10 heteroatoms. The fourth-order valence-corrected chi connectivity index (χ4v) is 2.15. The fourth-order valence-electron chi connectivity index (χ4n) is 2.15. The number of halogens is 3. The molecular weight excluding hydrogens is 313 g/mol. The number of oxazole rings is 1. The zero-order valence-electron chi connectivity index (χ0n) is 11.8. The quantitative estimate of drug-likeness (QED) is 0.767. The lowest BCUT2D eigenvalue weighted by molar-refractivity contribution is -0.140. The predicted molar refractivity (Wildman–Crippen MR) is 73.0 cm³/mol. The van der Waals surface area contributed by atoms with Crippen molar-refractivity contribution in [1.29, 1.82) is 0 Å². The molecule has 0 aliphatic heterocycles. The zero-order chi connectivity index (χ0) is 16.6. The van der Waals surface area contributed by atoms with Gasteiger partial charge in [-0.05, 0) is 5.56 Å². The zero-order valence-corrected chi connectivity index (χ0v) is 11.8. The highest BCUT2D eigenvalue weighted by Gasteiger charge is 2.39. The minimum Gasteiger partial charge on any atom is -0.423 e. The number of benzene rings is 1. The number of hydrogen-bond donors (Lipinski definition) is 2. The van der Waals surface area contributed by atoms with Crippen LogP contribution in [0, 0.1) is 0 Å². The SMILES string of the molecule is CC(c1ccc(-c2oc(N)nc2C(F)(F)F)cc1)c1nn[nH]n1. The van der Waals surface area contributed by atoms with Crippen LogP contribution in [0.1, 0.15) is 29.9 Å². The predicted octanol–water partition coefficient (Wildman–Crippen LogP) is 2.61. The van der Waals surface area contributed by atoms with Gasteiger partial charge < -0.3 is 10.2 Å². The third-order valence-corrected chi connectivity index (χ3v) is 3.33. The van der Waals surface area contributed by atoms with Crippen LogP contribution >= 0.6 is 0 Å². The number of nitrogens with two attached hydrogens (primary N) is 1. The maximum Gasteiger partial charge on any atom is 0.437 e. The highest BCUT2D eigenvalue weighted by atomic mass is 19.4. The van der Waals surface area contributed by atoms with E-state index in [1.54, 1.807) is 12.1 Å². The summed E-state index contributed by atoms with van der Waals surface area (Å²) < 4.78 is 43.7. The van der Waals surface area contributed by atoms with E-state index in [2.05, 4.69) is 25.6 Å². The number of alkyl halides is 3. The fraction of sp³-hybridized carbons (Fsp3) is 0.231. The van der Waals surface area contributed by atoms with Crippen molar-refractivity contribution < 1.29 is 17.6 Å². The van der Waals surface area contributed by atoms with Gasteiger partial charge in [-0.25, -0.2) is 0 Å². The summed E-state index contributed by atoms with van der Waals surface area (Å²) in [5.41, 5.74) is 5.15. The Labute approximate surface area is 127 Å². The maximum absolute atomic E-state index is 12.9. The van der Waals surface area contributed by atoms with Crippen LogP contribution in [0.15, 0.2) is 28.7 Å². The first-order chi connectivity index (χ1) is 10.9. The number of nitrogen functional groups attached to an aromatic ring is 1. The normalized spacial score (nSPS) is 13.2. The average molecular weight is 324 g/mol. The lowest BCUT2D eigenvalue weighted by atomic mass is 9.98. The number of H-pyrrole nitrogens is 1. The second-order valence-corrected chi connectivity index (χ2v) is 4.84. The van der Waals surface area contributed by atoms with Gasteiger partial charge in [0, 0.05) is 11.5 Å². The summed E-state index contributed by atoms with van der Waals surface area (Å²) in [5, 5.41) is 13.6. The van der Waals surface area contributed by atoms with E-state index in [0.29, 0.717) is 5.82 Å². The van der Waals surface area contributed by atoms with Gasteiger partial charge in [-0.15, -0.1) is 10.2 Å². The minimum atomic E-state index is -4.65. The van der Waals surface area contributed by atoms with Crippen molar-refractivity contribution in [2.45, 2.75) is 19.0 Å². The number of nitrogens with zero attached hydrogens (tertiary/aromatic N) is 4. The molecule has 2 aromatic heterocycles. The lowest BCUT2D eigenvalue weighted by Gasteiger charge is -2.09. The Morgan fingerprint density at radius 2 is 1.91 bits per heavy atom. The van der Waals surface area contributed by atoms with Crippen LogP contribution in [0.5, 0.6) is 0 Å². The van der Waals surface area contributed by atoms with Crippen molar-refractivity contribution in [1.82, 2.24) is 25.6 Å². The van der Waals surface area contributed by atoms with Crippen LogP contribution in [0.4, 0.5) is 19.2 Å². The van der Waals surface area contributed by atoms with Gasteiger partial charge in [0.25, 0.3) is 6.01 Å². The van der Waals surface area contributed by atoms with Gasteiger partial charge in [0.2, 0.25) is 0 Å². The van der Waals surface area contributed by atoms with Crippen molar-refractivity contribution in [2.24, 2.45) is 0 Å². The van der Waals surface area contributed by atoms with Gasteiger partial charge >= 0.3 is 6.18 Å². The Morgan fingerprint density at radius 3 is 2.48 bits per heavy atom. The van der Waals surface area contributed by atoms with Gasteiger partial charge in [0.15, 0.2) is 17.3 Å². The third kappa shape index (κ3) is 2.87. The summed E-state index contributed by atoms with van der Waals surface area (Å²) in [5.74, 6) is -0.0870. The number of hydrogen-bond acceptors (Lipinski definition) is 6. The molecule has 3 N–H and O–H groups in total. The third-order valence-electron chi connectivity index (χ3n) is 3.33. The average Bonchev–Trinajstić information content (AvgIpc) is 3.15. The monoisotopic (exact) mass is 324 g/mol. The van der Waals surface area contributed by atoms with Gasteiger partial charge in [0.05, 0.1) is 0 Å². The number of aromatic amines is 1. The smallest absolute Gasteiger partial charge is 0.423 e. The molecule has 0 amide bonds. The molecule has 3 aromatic rings. The molecule has 0 spiro atoms. The molecule has 1 atom stereocenters. The largest absolute Gasteiger partial charge is 0.437 e. The number of tetrazole rings is 1. The van der Waals surface area contributed by atoms with Crippen LogP contribution in [0.3, 0.4) is 0 Å². The molecule has 3 rings (SSSR count). The first kappa shape index (κ1) is 15.0. The van der Waals surface area contributed by atoms with E-state index < -0.39 is 23.6 Å². The Hall–Kier alpha value is -2.91. The molecule has 0 fully saturated rings.